The van der Waals surface area contributed by atoms with E-state index in [4.69, 9.17) is 8.37 Å². The molecule has 8 heteroatoms. The topological polar surface area (TPSA) is 86.7 Å². The minimum Gasteiger partial charge on any atom is -0.266 e. The Labute approximate surface area is 427 Å². The van der Waals surface area contributed by atoms with Gasteiger partial charge in [0, 0.05) is 16.5 Å². The van der Waals surface area contributed by atoms with Crippen LogP contribution < -0.4 is 0 Å². The predicted molar refractivity (Wildman–Crippen MR) is 295 cm³/mol. The van der Waals surface area contributed by atoms with Crippen LogP contribution in [0.15, 0.2) is 82.6 Å². The smallest absolute Gasteiger partial charge is 0.266 e. The first kappa shape index (κ1) is 57.6. The SMILES string of the molecule is CCCCCCCCCCCCC1(CCCCCCCCCCCC)c2cc(C)ccc2-c2ccc(Cc3ccc(-c4ccc(C)cc4S(=O)(=O)OCC(C)(C)C)c(S(=O)(=O)OCC(C)(C)C)c3)cc21. The molecule has 0 unspecified atom stereocenters. The summed E-state index contributed by atoms with van der Waals surface area (Å²) in [5.74, 6) is 0. The molecular formula is C62H92O6S2. The third-order valence-corrected chi connectivity index (χ3v) is 16.8. The fourth-order valence-electron chi connectivity index (χ4n) is 10.3. The second-order valence-corrected chi connectivity index (χ2v) is 26.6. The maximum absolute atomic E-state index is 14.4. The van der Waals surface area contributed by atoms with Gasteiger partial charge < -0.3 is 0 Å². The molecule has 0 aliphatic heterocycles. The van der Waals surface area contributed by atoms with Gasteiger partial charge in [0.25, 0.3) is 20.2 Å². The van der Waals surface area contributed by atoms with Crippen molar-refractivity contribution in [2.24, 2.45) is 10.8 Å². The van der Waals surface area contributed by atoms with Crippen LogP contribution in [-0.2, 0) is 40.4 Å². The first-order valence-corrected chi connectivity index (χ1v) is 30.3. The summed E-state index contributed by atoms with van der Waals surface area (Å²) < 4.78 is 68.1. The Hall–Kier alpha value is -3.30. The second-order valence-electron chi connectivity index (χ2n) is 23.4. The molecule has 0 aromatic heterocycles. The van der Waals surface area contributed by atoms with Crippen molar-refractivity contribution < 1.29 is 25.2 Å². The molecule has 388 valence electrons. The highest BCUT2D eigenvalue weighted by molar-refractivity contribution is 7.87. The molecule has 70 heavy (non-hydrogen) atoms. The monoisotopic (exact) mass is 997 g/mol. The van der Waals surface area contributed by atoms with E-state index in [0.717, 1.165) is 29.5 Å². The first-order valence-electron chi connectivity index (χ1n) is 27.5. The van der Waals surface area contributed by atoms with Gasteiger partial charge in [0.05, 0.1) is 13.2 Å². The fraction of sp³-hybridized carbons (Fsp3) is 0.613. The molecule has 0 amide bonds. The minimum atomic E-state index is -4.35. The van der Waals surface area contributed by atoms with Crippen LogP contribution >= 0.6 is 0 Å². The Balaban J connectivity index is 1.51. The first-order chi connectivity index (χ1) is 33.2. The third kappa shape index (κ3) is 16.9. The lowest BCUT2D eigenvalue weighted by Gasteiger charge is -2.33. The Morgan fingerprint density at radius 1 is 0.414 bits per heavy atom. The summed E-state index contributed by atoms with van der Waals surface area (Å²) in [6, 6.07) is 24.5. The van der Waals surface area contributed by atoms with E-state index in [9.17, 15) is 16.8 Å². The molecule has 0 atom stereocenters. The molecule has 0 saturated heterocycles. The maximum Gasteiger partial charge on any atom is 0.297 e. The van der Waals surface area contributed by atoms with Crippen molar-refractivity contribution in [3.63, 3.8) is 0 Å². The Bertz CT molecular complexity index is 2460. The molecule has 1 aliphatic carbocycles. The maximum atomic E-state index is 14.4. The quantitative estimate of drug-likeness (QED) is 0.0369. The van der Waals surface area contributed by atoms with E-state index < -0.39 is 31.1 Å². The number of hydrogen-bond acceptors (Lipinski definition) is 6. The van der Waals surface area contributed by atoms with Gasteiger partial charge in [-0.2, -0.15) is 16.8 Å². The molecule has 0 radical (unpaired) electrons. The van der Waals surface area contributed by atoms with Crippen LogP contribution in [0.1, 0.15) is 230 Å². The van der Waals surface area contributed by atoms with Crippen LogP contribution in [0, 0.1) is 24.7 Å². The van der Waals surface area contributed by atoms with Gasteiger partial charge in [-0.15, -0.1) is 0 Å². The van der Waals surface area contributed by atoms with Crippen LogP contribution in [0.3, 0.4) is 0 Å². The van der Waals surface area contributed by atoms with Gasteiger partial charge in [-0.3, -0.25) is 8.37 Å². The summed E-state index contributed by atoms with van der Waals surface area (Å²) in [6.45, 7) is 20.1. The second kappa shape index (κ2) is 26.6. The van der Waals surface area contributed by atoms with Crippen LogP contribution in [0.25, 0.3) is 22.3 Å². The Kier molecular flexibility index (Phi) is 21.9. The van der Waals surface area contributed by atoms with Crippen molar-refractivity contribution in [1.29, 1.82) is 0 Å². The van der Waals surface area contributed by atoms with Gasteiger partial charge in [0.1, 0.15) is 9.79 Å². The highest BCUT2D eigenvalue weighted by Crippen LogP contribution is 2.55. The van der Waals surface area contributed by atoms with Gasteiger partial charge >= 0.3 is 0 Å². The zero-order valence-corrected chi connectivity index (χ0v) is 47.0. The number of benzene rings is 4. The molecule has 0 spiro atoms. The average Bonchev–Trinajstić information content (AvgIpc) is 3.56. The fourth-order valence-corrected chi connectivity index (χ4v) is 13.1. The van der Waals surface area contributed by atoms with Gasteiger partial charge in [-0.1, -0.05) is 250 Å². The average molecular weight is 998 g/mol. The third-order valence-electron chi connectivity index (χ3n) is 14.2. The van der Waals surface area contributed by atoms with Gasteiger partial charge in [0.15, 0.2) is 0 Å². The van der Waals surface area contributed by atoms with Crippen molar-refractivity contribution in [2.45, 2.75) is 232 Å². The summed E-state index contributed by atoms with van der Waals surface area (Å²) in [6.07, 6.45) is 29.0. The lowest BCUT2D eigenvalue weighted by molar-refractivity contribution is 0.203. The van der Waals surface area contributed by atoms with E-state index in [-0.39, 0.29) is 39.5 Å². The summed E-state index contributed by atoms with van der Waals surface area (Å²) >= 11 is 0. The molecule has 0 heterocycles. The molecule has 0 saturated carbocycles. The van der Waals surface area contributed by atoms with Gasteiger partial charge in [-0.25, -0.2) is 0 Å². The summed E-state index contributed by atoms with van der Waals surface area (Å²) in [4.78, 5) is -0.114. The number of aryl methyl sites for hydroxylation is 2. The summed E-state index contributed by atoms with van der Waals surface area (Å²) in [5, 5.41) is 0. The van der Waals surface area contributed by atoms with Crippen LogP contribution in [-0.4, -0.2) is 30.0 Å². The highest BCUT2D eigenvalue weighted by Gasteiger charge is 2.42. The lowest BCUT2D eigenvalue weighted by atomic mass is 9.70. The minimum absolute atomic E-state index is 0.0211. The number of rotatable bonds is 31. The largest absolute Gasteiger partial charge is 0.297 e. The normalized spacial score (nSPS) is 13.7. The molecule has 0 bridgehead atoms. The zero-order valence-electron chi connectivity index (χ0n) is 45.4. The molecule has 6 nitrogen and oxygen atoms in total. The van der Waals surface area contributed by atoms with Crippen molar-refractivity contribution in [3.05, 3.63) is 106 Å². The zero-order chi connectivity index (χ0) is 51.0. The van der Waals surface area contributed by atoms with Crippen LogP contribution in [0.2, 0.25) is 0 Å². The predicted octanol–water partition coefficient (Wildman–Crippen LogP) is 18.0. The molecular weight excluding hydrogens is 905 g/mol. The number of hydrogen-bond donors (Lipinski definition) is 0. The van der Waals surface area contributed by atoms with Crippen molar-refractivity contribution in [3.8, 4) is 22.3 Å². The standard InChI is InChI=1S/C62H92O6S2/c1-11-13-15-17-19-21-23-25-27-29-39-62(40-30-28-26-24-22-20-18-16-14-12-2)56-41-48(3)31-35-52(56)53-37-33-50(44-57(53)62)43-51-34-38-55(59(45-51)70(65,66)68-47-61(8,9)10)54-36-32-49(4)42-58(54)69(63,64)67-46-60(5,6)7/h31-38,41-42,44-45H,11-30,39-40,43,46-47H2,1-10H3. The molecule has 5 rings (SSSR count). The summed E-state index contributed by atoms with van der Waals surface area (Å²) in [5.41, 5.74) is 9.14. The van der Waals surface area contributed by atoms with E-state index in [1.54, 1.807) is 30.3 Å². The van der Waals surface area contributed by atoms with Gasteiger partial charge in [-0.05, 0) is 95.0 Å². The summed E-state index contributed by atoms with van der Waals surface area (Å²) in [7, 11) is -8.61. The number of unbranched alkanes of at least 4 members (excludes halogenated alkanes) is 18. The van der Waals surface area contributed by atoms with Crippen molar-refractivity contribution in [2.75, 3.05) is 13.2 Å². The van der Waals surface area contributed by atoms with E-state index in [0.29, 0.717) is 6.42 Å². The molecule has 1 aliphatic rings. The molecule has 0 fully saturated rings. The number of fused-ring (bicyclic) bond motifs is 3. The van der Waals surface area contributed by atoms with Crippen molar-refractivity contribution in [1.82, 2.24) is 0 Å². The van der Waals surface area contributed by atoms with Crippen LogP contribution in [0.4, 0.5) is 0 Å². The highest BCUT2D eigenvalue weighted by atomic mass is 32.2. The van der Waals surface area contributed by atoms with Crippen LogP contribution in [0.5, 0.6) is 0 Å². The molecule has 4 aromatic rings. The van der Waals surface area contributed by atoms with E-state index in [2.05, 4.69) is 57.2 Å². The lowest BCUT2D eigenvalue weighted by Crippen LogP contribution is -2.26. The molecule has 4 aromatic carbocycles. The Morgan fingerprint density at radius 3 is 1.20 bits per heavy atom. The van der Waals surface area contributed by atoms with Gasteiger partial charge in [0.2, 0.25) is 0 Å². The Morgan fingerprint density at radius 2 is 0.757 bits per heavy atom. The van der Waals surface area contributed by atoms with Crippen molar-refractivity contribution >= 4 is 20.2 Å². The van der Waals surface area contributed by atoms with E-state index >= 15 is 0 Å². The van der Waals surface area contributed by atoms with E-state index in [1.807, 2.05) is 54.5 Å². The molecule has 0 N–H and O–H groups in total. The van der Waals surface area contributed by atoms with E-state index in [1.165, 1.54) is 156 Å².